The van der Waals surface area contributed by atoms with Gasteiger partial charge in [0, 0.05) is 6.08 Å². The third kappa shape index (κ3) is 7.63. The summed E-state index contributed by atoms with van der Waals surface area (Å²) in [5.74, 6) is 0.849. The molecule has 0 saturated carbocycles. The first kappa shape index (κ1) is 23.7. The third-order valence-corrected chi connectivity index (χ3v) is 4.28. The number of rotatable bonds is 7. The standard InChI is InChI=1S/C22H25N3O5S/c1-14-5-8-17(15(2)11-14)30-13-21(27)24-25-22(31)23-20(26)10-7-16-6-9-18(28-3)19(12-16)29-4/h5-12H,13H2,1-4H3,(H,24,27)(H2,23,25,26,31). The first-order valence-electron chi connectivity index (χ1n) is 9.32. The van der Waals surface area contributed by atoms with Crippen LogP contribution < -0.4 is 30.4 Å². The van der Waals surface area contributed by atoms with E-state index in [1.165, 1.54) is 13.2 Å². The molecule has 2 aromatic rings. The fourth-order valence-electron chi connectivity index (χ4n) is 2.58. The van der Waals surface area contributed by atoms with E-state index >= 15 is 0 Å². The highest BCUT2D eigenvalue weighted by atomic mass is 32.1. The molecule has 0 aliphatic rings. The van der Waals surface area contributed by atoms with Gasteiger partial charge in [-0.3, -0.25) is 25.8 Å². The molecular weight excluding hydrogens is 418 g/mol. The maximum Gasteiger partial charge on any atom is 0.276 e. The van der Waals surface area contributed by atoms with Gasteiger partial charge in [-0.05, 0) is 61.5 Å². The minimum atomic E-state index is -0.465. The molecule has 0 saturated heterocycles. The van der Waals surface area contributed by atoms with Crippen LogP contribution in [-0.4, -0.2) is 37.8 Å². The second-order valence-electron chi connectivity index (χ2n) is 6.50. The van der Waals surface area contributed by atoms with Crippen LogP contribution in [0.5, 0.6) is 17.2 Å². The maximum atomic E-state index is 12.0. The Kier molecular flexibility index (Phi) is 8.83. The van der Waals surface area contributed by atoms with Crippen LogP contribution in [0.15, 0.2) is 42.5 Å². The van der Waals surface area contributed by atoms with Crippen LogP contribution in [0.25, 0.3) is 6.08 Å². The van der Waals surface area contributed by atoms with E-state index in [2.05, 4.69) is 16.2 Å². The number of thiocarbonyl (C=S) groups is 1. The summed E-state index contributed by atoms with van der Waals surface area (Å²) in [6.07, 6.45) is 2.90. The molecule has 0 unspecified atom stereocenters. The largest absolute Gasteiger partial charge is 0.493 e. The predicted octanol–water partition coefficient (Wildman–Crippen LogP) is 2.43. The predicted molar refractivity (Wildman–Crippen MR) is 122 cm³/mol. The van der Waals surface area contributed by atoms with Gasteiger partial charge in [0.25, 0.3) is 5.91 Å². The molecule has 2 aromatic carbocycles. The van der Waals surface area contributed by atoms with E-state index in [1.54, 1.807) is 37.5 Å². The van der Waals surface area contributed by atoms with Crippen molar-refractivity contribution in [2.75, 3.05) is 20.8 Å². The summed E-state index contributed by atoms with van der Waals surface area (Å²) in [5.41, 5.74) is 7.60. The monoisotopic (exact) mass is 443 g/mol. The Labute approximate surface area is 186 Å². The third-order valence-electron chi connectivity index (χ3n) is 4.08. The minimum Gasteiger partial charge on any atom is -0.493 e. The second-order valence-corrected chi connectivity index (χ2v) is 6.91. The van der Waals surface area contributed by atoms with Crippen LogP contribution in [-0.2, 0) is 9.59 Å². The molecule has 0 spiro atoms. The summed E-state index contributed by atoms with van der Waals surface area (Å²) >= 11 is 5.00. The van der Waals surface area contributed by atoms with Gasteiger partial charge in [0.05, 0.1) is 14.2 Å². The van der Waals surface area contributed by atoms with Gasteiger partial charge in [0.2, 0.25) is 5.91 Å². The average molecular weight is 444 g/mol. The van der Waals surface area contributed by atoms with Crippen molar-refractivity contribution in [1.29, 1.82) is 0 Å². The number of benzene rings is 2. The molecule has 164 valence electrons. The van der Waals surface area contributed by atoms with Crippen molar-refractivity contribution < 1.29 is 23.8 Å². The number of hydrogen-bond donors (Lipinski definition) is 3. The lowest BCUT2D eigenvalue weighted by atomic mass is 10.1. The van der Waals surface area contributed by atoms with Gasteiger partial charge < -0.3 is 14.2 Å². The summed E-state index contributed by atoms with van der Waals surface area (Å²) in [4.78, 5) is 23.9. The molecule has 0 bridgehead atoms. The lowest BCUT2D eigenvalue weighted by Crippen LogP contribution is -2.49. The quantitative estimate of drug-likeness (QED) is 0.343. The molecule has 31 heavy (non-hydrogen) atoms. The number of methoxy groups -OCH3 is 2. The van der Waals surface area contributed by atoms with Crippen molar-refractivity contribution in [2.45, 2.75) is 13.8 Å². The van der Waals surface area contributed by atoms with E-state index in [0.29, 0.717) is 17.2 Å². The Morgan fingerprint density at radius 2 is 1.68 bits per heavy atom. The molecule has 9 heteroatoms. The summed E-state index contributed by atoms with van der Waals surface area (Å²) in [5, 5.41) is 2.38. The molecule has 3 N–H and O–H groups in total. The summed E-state index contributed by atoms with van der Waals surface area (Å²) < 4.78 is 15.9. The SMILES string of the molecule is COc1ccc(C=CC(=O)NC(=S)NNC(=O)COc2ccc(C)cc2C)cc1OC. The van der Waals surface area contributed by atoms with Gasteiger partial charge >= 0.3 is 0 Å². The van der Waals surface area contributed by atoms with Crippen LogP contribution in [0.3, 0.4) is 0 Å². The second kappa shape index (κ2) is 11.6. The van der Waals surface area contributed by atoms with Crippen LogP contribution in [0, 0.1) is 13.8 Å². The highest BCUT2D eigenvalue weighted by Crippen LogP contribution is 2.27. The van der Waals surface area contributed by atoms with Crippen molar-refractivity contribution in [2.24, 2.45) is 0 Å². The molecule has 0 fully saturated rings. The number of amides is 2. The number of hydrazine groups is 1. The Bertz CT molecular complexity index is 991. The maximum absolute atomic E-state index is 12.0. The molecule has 8 nitrogen and oxygen atoms in total. The van der Waals surface area contributed by atoms with Crippen molar-refractivity contribution in [3.63, 3.8) is 0 Å². The smallest absolute Gasteiger partial charge is 0.276 e. The summed E-state index contributed by atoms with van der Waals surface area (Å²) in [6, 6.07) is 10.9. The van der Waals surface area contributed by atoms with Gasteiger partial charge in [0.15, 0.2) is 23.2 Å². The van der Waals surface area contributed by atoms with E-state index in [0.717, 1.165) is 16.7 Å². The van der Waals surface area contributed by atoms with Gasteiger partial charge in [-0.25, -0.2) is 0 Å². The molecule has 2 rings (SSSR count). The average Bonchev–Trinajstić information content (AvgIpc) is 2.75. The number of aryl methyl sites for hydroxylation is 2. The van der Waals surface area contributed by atoms with E-state index in [-0.39, 0.29) is 11.7 Å². The highest BCUT2D eigenvalue weighted by Gasteiger charge is 2.07. The lowest BCUT2D eigenvalue weighted by molar-refractivity contribution is -0.123. The van der Waals surface area contributed by atoms with E-state index < -0.39 is 11.8 Å². The van der Waals surface area contributed by atoms with E-state index in [9.17, 15) is 9.59 Å². The first-order chi connectivity index (χ1) is 14.8. The number of ether oxygens (including phenoxy) is 3. The van der Waals surface area contributed by atoms with Crippen molar-refractivity contribution in [3.8, 4) is 17.2 Å². The zero-order valence-electron chi connectivity index (χ0n) is 17.8. The molecule has 0 atom stereocenters. The number of hydrogen-bond acceptors (Lipinski definition) is 6. The Morgan fingerprint density at radius 3 is 2.35 bits per heavy atom. The Morgan fingerprint density at radius 1 is 0.968 bits per heavy atom. The van der Waals surface area contributed by atoms with Crippen molar-refractivity contribution in [3.05, 3.63) is 59.2 Å². The Hall–Kier alpha value is -3.59. The molecule has 0 aromatic heterocycles. The van der Waals surface area contributed by atoms with Crippen LogP contribution in [0.4, 0.5) is 0 Å². The number of carbonyl (C=O) groups excluding carboxylic acids is 2. The van der Waals surface area contributed by atoms with Gasteiger partial charge in [-0.2, -0.15) is 0 Å². The molecule has 2 amide bonds. The van der Waals surface area contributed by atoms with Crippen LogP contribution in [0.2, 0.25) is 0 Å². The molecule has 0 heterocycles. The zero-order valence-corrected chi connectivity index (χ0v) is 18.6. The topological polar surface area (TPSA) is 97.9 Å². The molecule has 0 aliphatic heterocycles. The lowest BCUT2D eigenvalue weighted by Gasteiger charge is -2.12. The zero-order chi connectivity index (χ0) is 22.8. The van der Waals surface area contributed by atoms with Crippen LogP contribution >= 0.6 is 12.2 Å². The molecule has 0 aliphatic carbocycles. The van der Waals surface area contributed by atoms with Crippen molar-refractivity contribution in [1.82, 2.24) is 16.2 Å². The summed E-state index contributed by atoms with van der Waals surface area (Å²) in [7, 11) is 3.08. The van der Waals surface area contributed by atoms with E-state index in [1.807, 2.05) is 26.0 Å². The summed E-state index contributed by atoms with van der Waals surface area (Å²) in [6.45, 7) is 3.68. The number of nitrogens with one attached hydrogen (secondary N) is 3. The van der Waals surface area contributed by atoms with E-state index in [4.69, 9.17) is 26.4 Å². The Balaban J connectivity index is 1.76. The fraction of sp³-hybridized carbons (Fsp3) is 0.227. The fourth-order valence-corrected chi connectivity index (χ4v) is 2.73. The molecule has 0 radical (unpaired) electrons. The minimum absolute atomic E-state index is 0.0539. The normalized spacial score (nSPS) is 10.3. The highest BCUT2D eigenvalue weighted by molar-refractivity contribution is 7.80. The number of carbonyl (C=O) groups is 2. The van der Waals surface area contributed by atoms with Crippen molar-refractivity contribution >= 4 is 35.2 Å². The first-order valence-corrected chi connectivity index (χ1v) is 9.73. The van der Waals surface area contributed by atoms with Gasteiger partial charge in [-0.15, -0.1) is 0 Å². The van der Waals surface area contributed by atoms with Gasteiger partial charge in [-0.1, -0.05) is 23.8 Å². The van der Waals surface area contributed by atoms with Gasteiger partial charge in [0.1, 0.15) is 5.75 Å². The van der Waals surface area contributed by atoms with Crippen LogP contribution in [0.1, 0.15) is 16.7 Å². The molecular formula is C22H25N3O5S.